The van der Waals surface area contributed by atoms with Crippen LogP contribution in [0.3, 0.4) is 0 Å². The summed E-state index contributed by atoms with van der Waals surface area (Å²) in [4.78, 5) is 22.7. The lowest BCUT2D eigenvalue weighted by molar-refractivity contribution is 0.0979. The number of ketones is 2. The zero-order valence-corrected chi connectivity index (χ0v) is 8.91. The van der Waals surface area contributed by atoms with Gasteiger partial charge < -0.3 is 5.11 Å². The fourth-order valence-electron chi connectivity index (χ4n) is 1.34. The van der Waals surface area contributed by atoms with E-state index < -0.39 is 0 Å². The maximum absolute atomic E-state index is 11.6. The SMILES string of the molecule is CCCC(=O)c1cc(C(C)=O)ccc1O. The fraction of sp³-hybridized carbons (Fsp3) is 0.333. The fourth-order valence-corrected chi connectivity index (χ4v) is 1.34. The number of phenolic OH excluding ortho intramolecular Hbond substituents is 1. The highest BCUT2D eigenvalue weighted by Gasteiger charge is 2.12. The van der Waals surface area contributed by atoms with Gasteiger partial charge in [-0.15, -0.1) is 0 Å². The van der Waals surface area contributed by atoms with E-state index in [9.17, 15) is 14.7 Å². The number of rotatable bonds is 4. The molecular weight excluding hydrogens is 192 g/mol. The second-order valence-corrected chi connectivity index (χ2v) is 3.46. The normalized spacial score (nSPS) is 10.0. The van der Waals surface area contributed by atoms with Gasteiger partial charge >= 0.3 is 0 Å². The van der Waals surface area contributed by atoms with Gasteiger partial charge in [-0.1, -0.05) is 6.92 Å². The summed E-state index contributed by atoms with van der Waals surface area (Å²) < 4.78 is 0. The molecule has 0 aromatic heterocycles. The minimum atomic E-state index is -0.127. The average molecular weight is 206 g/mol. The highest BCUT2D eigenvalue weighted by atomic mass is 16.3. The number of carbonyl (C=O) groups excluding carboxylic acids is 2. The zero-order chi connectivity index (χ0) is 11.4. The lowest BCUT2D eigenvalue weighted by Gasteiger charge is -2.04. The summed E-state index contributed by atoms with van der Waals surface area (Å²) in [6.07, 6.45) is 1.11. The van der Waals surface area contributed by atoms with E-state index in [4.69, 9.17) is 0 Å². The Morgan fingerprint density at radius 2 is 2.00 bits per heavy atom. The van der Waals surface area contributed by atoms with Crippen molar-refractivity contribution in [1.29, 1.82) is 0 Å². The molecule has 0 aliphatic rings. The minimum Gasteiger partial charge on any atom is -0.507 e. The number of carbonyl (C=O) groups is 2. The van der Waals surface area contributed by atoms with Gasteiger partial charge in [-0.3, -0.25) is 9.59 Å². The van der Waals surface area contributed by atoms with Crippen molar-refractivity contribution < 1.29 is 14.7 Å². The maximum atomic E-state index is 11.6. The molecule has 0 atom stereocenters. The van der Waals surface area contributed by atoms with Gasteiger partial charge in [0, 0.05) is 12.0 Å². The Hall–Kier alpha value is -1.64. The van der Waals surface area contributed by atoms with E-state index >= 15 is 0 Å². The molecule has 0 saturated heterocycles. The Morgan fingerprint density at radius 1 is 1.33 bits per heavy atom. The second kappa shape index (κ2) is 4.73. The first-order chi connectivity index (χ1) is 7.06. The molecule has 0 bridgehead atoms. The van der Waals surface area contributed by atoms with Crippen molar-refractivity contribution in [3.8, 4) is 5.75 Å². The monoisotopic (exact) mass is 206 g/mol. The summed E-state index contributed by atoms with van der Waals surface area (Å²) in [5.41, 5.74) is 0.691. The number of hydrogen-bond acceptors (Lipinski definition) is 3. The Bertz CT molecular complexity index is 394. The second-order valence-electron chi connectivity index (χ2n) is 3.46. The summed E-state index contributed by atoms with van der Waals surface area (Å²) in [6.45, 7) is 3.32. The molecule has 0 unspecified atom stereocenters. The number of benzene rings is 1. The van der Waals surface area contributed by atoms with Gasteiger partial charge in [0.15, 0.2) is 11.6 Å². The molecule has 1 aromatic carbocycles. The van der Waals surface area contributed by atoms with Crippen molar-refractivity contribution >= 4 is 11.6 Å². The Labute approximate surface area is 88.7 Å². The molecular formula is C12H14O3. The van der Waals surface area contributed by atoms with Crippen LogP contribution in [0, 0.1) is 0 Å². The quantitative estimate of drug-likeness (QED) is 0.770. The van der Waals surface area contributed by atoms with Crippen molar-refractivity contribution in [2.75, 3.05) is 0 Å². The van der Waals surface area contributed by atoms with Crippen molar-refractivity contribution in [1.82, 2.24) is 0 Å². The van der Waals surface area contributed by atoms with Crippen molar-refractivity contribution in [2.45, 2.75) is 26.7 Å². The summed E-state index contributed by atoms with van der Waals surface area (Å²) in [5.74, 6) is -0.294. The average Bonchev–Trinajstić information content (AvgIpc) is 2.18. The van der Waals surface area contributed by atoms with E-state index in [1.54, 1.807) is 0 Å². The maximum Gasteiger partial charge on any atom is 0.166 e. The van der Waals surface area contributed by atoms with E-state index in [1.807, 2.05) is 6.92 Å². The van der Waals surface area contributed by atoms with Crippen molar-refractivity contribution in [2.24, 2.45) is 0 Å². The van der Waals surface area contributed by atoms with Crippen LogP contribution < -0.4 is 0 Å². The largest absolute Gasteiger partial charge is 0.507 e. The molecule has 15 heavy (non-hydrogen) atoms. The highest BCUT2D eigenvalue weighted by Crippen LogP contribution is 2.20. The summed E-state index contributed by atoms with van der Waals surface area (Å²) in [6, 6.07) is 4.36. The van der Waals surface area contributed by atoms with Crippen LogP contribution in [0.4, 0.5) is 0 Å². The molecule has 1 N–H and O–H groups in total. The van der Waals surface area contributed by atoms with Crippen LogP contribution in [0.2, 0.25) is 0 Å². The molecule has 0 fully saturated rings. The molecule has 1 aromatic rings. The van der Waals surface area contributed by atoms with Crippen LogP contribution >= 0.6 is 0 Å². The molecule has 3 heteroatoms. The summed E-state index contributed by atoms with van der Waals surface area (Å²) in [7, 11) is 0. The Balaban J connectivity index is 3.10. The van der Waals surface area contributed by atoms with E-state index in [0.29, 0.717) is 12.0 Å². The number of hydrogen-bond donors (Lipinski definition) is 1. The number of Topliss-reactive ketones (excluding diaryl/α,β-unsaturated/α-hetero) is 2. The van der Waals surface area contributed by atoms with Gasteiger partial charge in [-0.2, -0.15) is 0 Å². The standard InChI is InChI=1S/C12H14O3/c1-3-4-11(14)10-7-9(8(2)13)5-6-12(10)15/h5-7,15H,3-4H2,1-2H3. The molecule has 0 aliphatic carbocycles. The first-order valence-electron chi connectivity index (χ1n) is 4.93. The molecule has 0 amide bonds. The third-order valence-electron chi connectivity index (χ3n) is 2.18. The predicted octanol–water partition coefficient (Wildman–Crippen LogP) is 2.58. The topological polar surface area (TPSA) is 54.4 Å². The third-order valence-corrected chi connectivity index (χ3v) is 2.18. The van der Waals surface area contributed by atoms with Gasteiger partial charge in [-0.05, 0) is 31.5 Å². The van der Waals surface area contributed by atoms with E-state index in [0.717, 1.165) is 6.42 Å². The van der Waals surface area contributed by atoms with E-state index in [1.165, 1.54) is 25.1 Å². The van der Waals surface area contributed by atoms with E-state index in [-0.39, 0.29) is 22.9 Å². The van der Waals surface area contributed by atoms with Crippen LogP contribution in [0.5, 0.6) is 5.75 Å². The first-order valence-corrected chi connectivity index (χ1v) is 4.93. The number of aromatic hydroxyl groups is 1. The molecule has 0 radical (unpaired) electrons. The lowest BCUT2D eigenvalue weighted by Crippen LogP contribution is -2.01. The molecule has 3 nitrogen and oxygen atoms in total. The van der Waals surface area contributed by atoms with Crippen LogP contribution in [-0.2, 0) is 0 Å². The van der Waals surface area contributed by atoms with Gasteiger partial charge in [-0.25, -0.2) is 0 Å². The smallest absolute Gasteiger partial charge is 0.166 e. The Morgan fingerprint density at radius 3 is 2.53 bits per heavy atom. The predicted molar refractivity (Wildman–Crippen MR) is 57.3 cm³/mol. The van der Waals surface area contributed by atoms with Crippen LogP contribution in [0.25, 0.3) is 0 Å². The Kier molecular flexibility index (Phi) is 3.61. The molecule has 1 rings (SSSR count). The molecule has 0 heterocycles. The molecule has 0 saturated carbocycles. The van der Waals surface area contributed by atoms with Crippen molar-refractivity contribution in [3.05, 3.63) is 29.3 Å². The first kappa shape index (κ1) is 11.4. The molecule has 0 aliphatic heterocycles. The van der Waals surface area contributed by atoms with Crippen molar-refractivity contribution in [3.63, 3.8) is 0 Å². The number of phenols is 1. The van der Waals surface area contributed by atoms with Crippen LogP contribution in [-0.4, -0.2) is 16.7 Å². The minimum absolute atomic E-state index is 0.0570. The van der Waals surface area contributed by atoms with Crippen LogP contribution in [0.1, 0.15) is 47.4 Å². The molecule has 0 spiro atoms. The third kappa shape index (κ3) is 2.65. The van der Waals surface area contributed by atoms with Crippen LogP contribution in [0.15, 0.2) is 18.2 Å². The van der Waals surface area contributed by atoms with E-state index in [2.05, 4.69) is 0 Å². The molecule has 80 valence electrons. The summed E-state index contributed by atoms with van der Waals surface area (Å²) >= 11 is 0. The van der Waals surface area contributed by atoms with Gasteiger partial charge in [0.05, 0.1) is 5.56 Å². The van der Waals surface area contributed by atoms with Gasteiger partial charge in [0.1, 0.15) is 5.75 Å². The highest BCUT2D eigenvalue weighted by molar-refractivity contribution is 6.02. The summed E-state index contributed by atoms with van der Waals surface area (Å²) in [5, 5.41) is 9.48. The lowest BCUT2D eigenvalue weighted by atomic mass is 10.0. The van der Waals surface area contributed by atoms with Gasteiger partial charge in [0.2, 0.25) is 0 Å². The van der Waals surface area contributed by atoms with Gasteiger partial charge in [0.25, 0.3) is 0 Å². The zero-order valence-electron chi connectivity index (χ0n) is 8.91.